The Morgan fingerprint density at radius 2 is 1.72 bits per heavy atom. The first-order valence-corrected chi connectivity index (χ1v) is 10.4. The van der Waals surface area contributed by atoms with Crippen molar-refractivity contribution in [2.75, 3.05) is 33.0 Å². The van der Waals surface area contributed by atoms with E-state index in [9.17, 15) is 4.79 Å². The second-order valence-electron chi connectivity index (χ2n) is 8.33. The highest BCUT2D eigenvalue weighted by Crippen LogP contribution is 2.45. The van der Waals surface area contributed by atoms with E-state index >= 15 is 0 Å². The summed E-state index contributed by atoms with van der Waals surface area (Å²) in [5.41, 5.74) is 3.52. The molecule has 0 spiro atoms. The monoisotopic (exact) mass is 393 g/mol. The fourth-order valence-electron chi connectivity index (χ4n) is 4.17. The average Bonchev–Trinajstić information content (AvgIpc) is 3.36. The summed E-state index contributed by atoms with van der Waals surface area (Å²) in [6.07, 6.45) is 2.04. The van der Waals surface area contributed by atoms with Gasteiger partial charge in [-0.05, 0) is 43.0 Å². The van der Waals surface area contributed by atoms with Crippen LogP contribution in [0.15, 0.2) is 42.5 Å². The van der Waals surface area contributed by atoms with Gasteiger partial charge in [0.1, 0.15) is 0 Å². The molecule has 6 heteroatoms. The molecule has 0 atom stereocenters. The molecule has 0 unspecified atom stereocenters. The number of nitrogens with zero attached hydrogens (tertiary/aromatic N) is 2. The summed E-state index contributed by atoms with van der Waals surface area (Å²) >= 11 is 0. The molecule has 2 aromatic rings. The van der Waals surface area contributed by atoms with Crippen LogP contribution in [0, 0.1) is 6.92 Å². The third-order valence-corrected chi connectivity index (χ3v) is 6.20. The van der Waals surface area contributed by atoms with Crippen molar-refractivity contribution in [3.05, 3.63) is 59.2 Å². The third-order valence-electron chi connectivity index (χ3n) is 6.20. The summed E-state index contributed by atoms with van der Waals surface area (Å²) in [5, 5.41) is 3.30. The van der Waals surface area contributed by atoms with Gasteiger partial charge >= 0.3 is 6.03 Å². The second-order valence-corrected chi connectivity index (χ2v) is 8.33. The standard InChI is InChI=1S/C23H27N3O3/c1-17-2-5-19(6-3-17)23(8-9-23)24-22(27)26-12-10-25(11-13-26)15-18-4-7-20-21(14-18)29-16-28-20/h2-7,14H,8-13,15-16H2,1H3,(H,24,27). The van der Waals surface area contributed by atoms with Crippen molar-refractivity contribution in [2.45, 2.75) is 31.8 Å². The van der Waals surface area contributed by atoms with Gasteiger partial charge in [0, 0.05) is 32.7 Å². The molecule has 152 valence electrons. The predicted molar refractivity (Wildman–Crippen MR) is 110 cm³/mol. The molecular formula is C23H27N3O3. The zero-order valence-corrected chi connectivity index (χ0v) is 16.8. The Kier molecular flexibility index (Phi) is 4.59. The number of ether oxygens (including phenoxy) is 2. The average molecular weight is 393 g/mol. The molecule has 1 saturated heterocycles. The van der Waals surface area contributed by atoms with Gasteiger partial charge in [-0.1, -0.05) is 35.9 Å². The van der Waals surface area contributed by atoms with Gasteiger partial charge in [-0.15, -0.1) is 0 Å². The number of urea groups is 1. The van der Waals surface area contributed by atoms with E-state index in [0.717, 1.165) is 57.1 Å². The number of carbonyl (C=O) groups is 1. The number of fused-ring (bicyclic) bond motifs is 1. The van der Waals surface area contributed by atoms with Crippen molar-refractivity contribution < 1.29 is 14.3 Å². The molecule has 2 amide bonds. The second kappa shape index (κ2) is 7.26. The van der Waals surface area contributed by atoms with Crippen molar-refractivity contribution in [3.63, 3.8) is 0 Å². The van der Waals surface area contributed by atoms with Gasteiger partial charge in [-0.25, -0.2) is 4.79 Å². The number of benzene rings is 2. The number of hydrogen-bond acceptors (Lipinski definition) is 4. The molecule has 0 bridgehead atoms. The van der Waals surface area contributed by atoms with Crippen LogP contribution in [0.25, 0.3) is 0 Å². The van der Waals surface area contributed by atoms with Gasteiger partial charge < -0.3 is 19.7 Å². The summed E-state index contributed by atoms with van der Waals surface area (Å²) in [6, 6.07) is 14.7. The molecule has 1 aliphatic carbocycles. The van der Waals surface area contributed by atoms with E-state index in [0.29, 0.717) is 6.79 Å². The first-order chi connectivity index (χ1) is 14.1. The van der Waals surface area contributed by atoms with Crippen LogP contribution in [0.5, 0.6) is 11.5 Å². The molecule has 2 fully saturated rings. The Labute approximate surface area is 171 Å². The molecule has 2 aliphatic heterocycles. The molecule has 2 aromatic carbocycles. The Bertz CT molecular complexity index is 900. The molecule has 0 radical (unpaired) electrons. The minimum atomic E-state index is -0.158. The van der Waals surface area contributed by atoms with Gasteiger partial charge in [0.05, 0.1) is 5.54 Å². The normalized spacial score (nSPS) is 19.8. The highest BCUT2D eigenvalue weighted by Gasteiger charge is 2.46. The zero-order chi connectivity index (χ0) is 19.8. The fourth-order valence-corrected chi connectivity index (χ4v) is 4.17. The molecule has 6 nitrogen and oxygen atoms in total. The third kappa shape index (κ3) is 3.77. The molecule has 1 saturated carbocycles. The lowest BCUT2D eigenvalue weighted by Gasteiger charge is -2.35. The lowest BCUT2D eigenvalue weighted by atomic mass is 10.0. The molecule has 5 rings (SSSR count). The largest absolute Gasteiger partial charge is 0.454 e. The molecule has 2 heterocycles. The van der Waals surface area contributed by atoms with Crippen LogP contribution in [0.2, 0.25) is 0 Å². The maximum atomic E-state index is 12.9. The van der Waals surface area contributed by atoms with E-state index < -0.39 is 0 Å². The number of carbonyl (C=O) groups excluding carboxylic acids is 1. The Morgan fingerprint density at radius 3 is 2.45 bits per heavy atom. The van der Waals surface area contributed by atoms with E-state index in [1.807, 2.05) is 11.0 Å². The van der Waals surface area contributed by atoms with E-state index in [1.54, 1.807) is 0 Å². The molecular weight excluding hydrogens is 366 g/mol. The molecule has 3 aliphatic rings. The first-order valence-electron chi connectivity index (χ1n) is 10.4. The van der Waals surface area contributed by atoms with Crippen LogP contribution >= 0.6 is 0 Å². The predicted octanol–water partition coefficient (Wildman–Crippen LogP) is 3.24. The number of hydrogen-bond donors (Lipinski definition) is 1. The summed E-state index contributed by atoms with van der Waals surface area (Å²) in [5.74, 6) is 1.64. The lowest BCUT2D eigenvalue weighted by Crippen LogP contribution is -2.53. The highest BCUT2D eigenvalue weighted by atomic mass is 16.7. The lowest BCUT2D eigenvalue weighted by molar-refractivity contribution is 0.132. The Hall–Kier alpha value is -2.73. The van der Waals surface area contributed by atoms with Gasteiger partial charge in [0.15, 0.2) is 11.5 Å². The molecule has 0 aromatic heterocycles. The zero-order valence-electron chi connectivity index (χ0n) is 16.8. The van der Waals surface area contributed by atoms with E-state index in [1.165, 1.54) is 16.7 Å². The van der Waals surface area contributed by atoms with Gasteiger partial charge in [-0.3, -0.25) is 4.90 Å². The van der Waals surface area contributed by atoms with Crippen LogP contribution < -0.4 is 14.8 Å². The van der Waals surface area contributed by atoms with Crippen LogP contribution in [-0.4, -0.2) is 48.8 Å². The van der Waals surface area contributed by atoms with Crippen molar-refractivity contribution in [1.29, 1.82) is 0 Å². The van der Waals surface area contributed by atoms with Crippen molar-refractivity contribution >= 4 is 6.03 Å². The minimum absolute atomic E-state index is 0.0609. The van der Waals surface area contributed by atoms with Gasteiger partial charge in [0.25, 0.3) is 0 Å². The number of amides is 2. The van der Waals surface area contributed by atoms with E-state index in [2.05, 4.69) is 53.5 Å². The highest BCUT2D eigenvalue weighted by molar-refractivity contribution is 5.76. The van der Waals surface area contributed by atoms with Crippen LogP contribution in [0.3, 0.4) is 0 Å². The molecule has 1 N–H and O–H groups in total. The van der Waals surface area contributed by atoms with Gasteiger partial charge in [-0.2, -0.15) is 0 Å². The SMILES string of the molecule is Cc1ccc(C2(NC(=O)N3CCN(Cc4ccc5c(c4)OCO5)CC3)CC2)cc1. The maximum absolute atomic E-state index is 12.9. The van der Waals surface area contributed by atoms with Gasteiger partial charge in [0.2, 0.25) is 6.79 Å². The summed E-state index contributed by atoms with van der Waals surface area (Å²) in [4.78, 5) is 17.2. The quantitative estimate of drug-likeness (QED) is 0.867. The first kappa shape index (κ1) is 18.3. The number of nitrogens with one attached hydrogen (secondary N) is 1. The van der Waals surface area contributed by atoms with Crippen molar-refractivity contribution in [2.24, 2.45) is 0 Å². The number of rotatable bonds is 4. The minimum Gasteiger partial charge on any atom is -0.454 e. The van der Waals surface area contributed by atoms with E-state index in [4.69, 9.17) is 9.47 Å². The smallest absolute Gasteiger partial charge is 0.318 e. The summed E-state index contributed by atoms with van der Waals surface area (Å²) < 4.78 is 10.8. The van der Waals surface area contributed by atoms with Crippen molar-refractivity contribution in [3.8, 4) is 11.5 Å². The van der Waals surface area contributed by atoms with Crippen LogP contribution in [-0.2, 0) is 12.1 Å². The summed E-state index contributed by atoms with van der Waals surface area (Å²) in [7, 11) is 0. The number of piperazine rings is 1. The van der Waals surface area contributed by atoms with Crippen LogP contribution in [0.4, 0.5) is 4.79 Å². The topological polar surface area (TPSA) is 54.0 Å². The van der Waals surface area contributed by atoms with E-state index in [-0.39, 0.29) is 11.6 Å². The number of aryl methyl sites for hydroxylation is 1. The summed E-state index contributed by atoms with van der Waals surface area (Å²) in [6.45, 7) is 6.50. The maximum Gasteiger partial charge on any atom is 0.318 e. The Balaban J connectivity index is 1.15. The van der Waals surface area contributed by atoms with Crippen molar-refractivity contribution in [1.82, 2.24) is 15.1 Å². The fraction of sp³-hybridized carbons (Fsp3) is 0.435. The molecule has 29 heavy (non-hydrogen) atoms. The van der Waals surface area contributed by atoms with Crippen LogP contribution in [0.1, 0.15) is 29.5 Å². The Morgan fingerprint density at radius 1 is 1.00 bits per heavy atom.